The number of Topliss-reactive ketones (excluding diaryl/α,β-unsaturated/α-hetero) is 1. The molecule has 3 heteroatoms. The predicted octanol–water partition coefficient (Wildman–Crippen LogP) is 2.27. The second-order valence-electron chi connectivity index (χ2n) is 3.41. The number of methoxy groups -OCH3 is 1. The Labute approximate surface area is 81.5 Å². The molecule has 0 radical (unpaired) electrons. The number of hydrogen-bond donors (Lipinski definition) is 0. The number of aryl methyl sites for hydroxylation is 1. The quantitative estimate of drug-likeness (QED) is 0.693. The summed E-state index contributed by atoms with van der Waals surface area (Å²) in [5.41, 5.74) is 1.09. The van der Waals surface area contributed by atoms with Gasteiger partial charge in [0, 0.05) is 7.11 Å². The zero-order valence-electron chi connectivity index (χ0n) is 7.74. The lowest BCUT2D eigenvalue weighted by Crippen LogP contribution is -2.05. The predicted molar refractivity (Wildman–Crippen MR) is 52.3 cm³/mol. The summed E-state index contributed by atoms with van der Waals surface area (Å²) in [5.74, 6) is 0.390. The molecule has 2 rings (SSSR count). The Kier molecular flexibility index (Phi) is 2.22. The average Bonchev–Trinajstić information content (AvgIpc) is 2.80. The van der Waals surface area contributed by atoms with Crippen LogP contribution in [-0.4, -0.2) is 19.0 Å². The molecule has 1 fully saturated rings. The van der Waals surface area contributed by atoms with Crippen LogP contribution in [0.3, 0.4) is 0 Å². The molecule has 2 unspecified atom stereocenters. The SMILES string of the molecule is COC1CC1C(=O)c1sccc1C. The molecule has 2 atom stereocenters. The smallest absolute Gasteiger partial charge is 0.178 e. The highest BCUT2D eigenvalue weighted by atomic mass is 32.1. The minimum Gasteiger partial charge on any atom is -0.381 e. The Morgan fingerprint density at radius 3 is 2.92 bits per heavy atom. The van der Waals surface area contributed by atoms with Crippen LogP contribution in [0.5, 0.6) is 0 Å². The van der Waals surface area contributed by atoms with E-state index in [-0.39, 0.29) is 17.8 Å². The number of thiophene rings is 1. The van der Waals surface area contributed by atoms with E-state index in [9.17, 15) is 4.79 Å². The highest BCUT2D eigenvalue weighted by Crippen LogP contribution is 2.37. The van der Waals surface area contributed by atoms with Crippen LogP contribution < -0.4 is 0 Å². The van der Waals surface area contributed by atoms with E-state index in [0.29, 0.717) is 0 Å². The standard InChI is InChI=1S/C10H12O2S/c1-6-3-4-13-10(6)9(11)7-5-8(7)12-2/h3-4,7-8H,5H2,1-2H3. The fourth-order valence-electron chi connectivity index (χ4n) is 1.50. The first kappa shape index (κ1) is 8.91. The van der Waals surface area contributed by atoms with Crippen LogP contribution in [-0.2, 0) is 4.74 Å². The van der Waals surface area contributed by atoms with Gasteiger partial charge in [-0.2, -0.15) is 0 Å². The highest BCUT2D eigenvalue weighted by Gasteiger charge is 2.44. The van der Waals surface area contributed by atoms with Gasteiger partial charge in [0.2, 0.25) is 0 Å². The molecular weight excluding hydrogens is 184 g/mol. The second-order valence-corrected chi connectivity index (χ2v) is 4.33. The van der Waals surface area contributed by atoms with Crippen LogP contribution >= 0.6 is 11.3 Å². The van der Waals surface area contributed by atoms with Gasteiger partial charge in [-0.3, -0.25) is 4.79 Å². The van der Waals surface area contributed by atoms with Crippen molar-refractivity contribution < 1.29 is 9.53 Å². The molecule has 1 aromatic rings. The van der Waals surface area contributed by atoms with Gasteiger partial charge >= 0.3 is 0 Å². The first-order valence-electron chi connectivity index (χ1n) is 4.35. The van der Waals surface area contributed by atoms with Gasteiger partial charge in [-0.15, -0.1) is 11.3 Å². The first-order valence-corrected chi connectivity index (χ1v) is 5.23. The molecule has 2 nitrogen and oxygen atoms in total. The molecular formula is C10H12O2S. The molecule has 0 N–H and O–H groups in total. The van der Waals surface area contributed by atoms with Gasteiger partial charge in [0.1, 0.15) is 0 Å². The summed E-state index contributed by atoms with van der Waals surface area (Å²) in [6, 6.07) is 1.99. The van der Waals surface area contributed by atoms with Crippen LogP contribution in [0.2, 0.25) is 0 Å². The second kappa shape index (κ2) is 3.24. The van der Waals surface area contributed by atoms with Crippen molar-refractivity contribution in [2.75, 3.05) is 7.11 Å². The molecule has 0 amide bonds. The summed E-state index contributed by atoms with van der Waals surface area (Å²) in [4.78, 5) is 12.7. The van der Waals surface area contributed by atoms with Gasteiger partial charge in [-0.25, -0.2) is 0 Å². The number of carbonyl (C=O) groups excluding carboxylic acids is 1. The zero-order valence-corrected chi connectivity index (χ0v) is 8.56. The Balaban J connectivity index is 2.11. The largest absolute Gasteiger partial charge is 0.381 e. The highest BCUT2D eigenvalue weighted by molar-refractivity contribution is 7.12. The van der Waals surface area contributed by atoms with Gasteiger partial charge in [0.15, 0.2) is 5.78 Å². The summed E-state index contributed by atoms with van der Waals surface area (Å²) < 4.78 is 5.12. The lowest BCUT2D eigenvalue weighted by atomic mass is 10.1. The Bertz CT molecular complexity index is 329. The van der Waals surface area contributed by atoms with Crippen molar-refractivity contribution in [3.8, 4) is 0 Å². The van der Waals surface area contributed by atoms with Crippen LogP contribution in [0.1, 0.15) is 21.7 Å². The molecule has 70 valence electrons. The molecule has 0 bridgehead atoms. The summed E-state index contributed by atoms with van der Waals surface area (Å²) in [7, 11) is 1.67. The summed E-state index contributed by atoms with van der Waals surface area (Å²) in [6.07, 6.45) is 1.07. The van der Waals surface area contributed by atoms with Crippen molar-refractivity contribution in [2.45, 2.75) is 19.4 Å². The molecule has 1 saturated carbocycles. The van der Waals surface area contributed by atoms with Crippen LogP contribution in [0.25, 0.3) is 0 Å². The van der Waals surface area contributed by atoms with Crippen molar-refractivity contribution in [3.63, 3.8) is 0 Å². The van der Waals surface area contributed by atoms with Crippen LogP contribution in [0, 0.1) is 12.8 Å². The maximum Gasteiger partial charge on any atom is 0.178 e. The van der Waals surface area contributed by atoms with E-state index in [4.69, 9.17) is 4.74 Å². The maximum atomic E-state index is 11.8. The van der Waals surface area contributed by atoms with Crippen molar-refractivity contribution in [3.05, 3.63) is 21.9 Å². The molecule has 0 spiro atoms. The van der Waals surface area contributed by atoms with Gasteiger partial charge in [0.05, 0.1) is 16.9 Å². The van der Waals surface area contributed by atoms with Crippen LogP contribution in [0.15, 0.2) is 11.4 Å². The van der Waals surface area contributed by atoms with Crippen molar-refractivity contribution >= 4 is 17.1 Å². The third kappa shape index (κ3) is 1.54. The number of ether oxygens (including phenoxy) is 1. The lowest BCUT2D eigenvalue weighted by Gasteiger charge is -1.97. The normalized spacial score (nSPS) is 26.0. The number of ketones is 1. The Morgan fingerprint density at radius 2 is 2.46 bits per heavy atom. The van der Waals surface area contributed by atoms with E-state index < -0.39 is 0 Å². The van der Waals surface area contributed by atoms with Gasteiger partial charge in [-0.05, 0) is 30.4 Å². The molecule has 1 aliphatic carbocycles. The zero-order chi connectivity index (χ0) is 9.42. The fraction of sp³-hybridized carbons (Fsp3) is 0.500. The molecule has 0 aromatic carbocycles. The Morgan fingerprint density at radius 1 is 1.69 bits per heavy atom. The number of carbonyl (C=O) groups is 1. The lowest BCUT2D eigenvalue weighted by molar-refractivity contribution is 0.0922. The molecule has 1 aliphatic rings. The van der Waals surface area contributed by atoms with Gasteiger partial charge < -0.3 is 4.74 Å². The van der Waals surface area contributed by atoms with E-state index >= 15 is 0 Å². The summed E-state index contributed by atoms with van der Waals surface area (Å²) in [6.45, 7) is 1.98. The molecule has 1 aromatic heterocycles. The van der Waals surface area contributed by atoms with Crippen molar-refractivity contribution in [1.82, 2.24) is 0 Å². The molecule has 0 aliphatic heterocycles. The molecule has 0 saturated heterocycles. The fourth-order valence-corrected chi connectivity index (χ4v) is 2.43. The van der Waals surface area contributed by atoms with E-state index in [1.54, 1.807) is 7.11 Å². The maximum absolute atomic E-state index is 11.8. The van der Waals surface area contributed by atoms with Crippen molar-refractivity contribution in [1.29, 1.82) is 0 Å². The minimum absolute atomic E-state index is 0.127. The van der Waals surface area contributed by atoms with Crippen LogP contribution in [0.4, 0.5) is 0 Å². The summed E-state index contributed by atoms with van der Waals surface area (Å²) >= 11 is 1.53. The van der Waals surface area contributed by atoms with E-state index in [1.807, 2.05) is 18.4 Å². The first-order chi connectivity index (χ1) is 6.24. The third-order valence-electron chi connectivity index (χ3n) is 2.46. The molecule has 13 heavy (non-hydrogen) atoms. The molecule has 1 heterocycles. The number of rotatable bonds is 3. The van der Waals surface area contributed by atoms with Gasteiger partial charge in [0.25, 0.3) is 0 Å². The van der Waals surface area contributed by atoms with Gasteiger partial charge in [-0.1, -0.05) is 0 Å². The Hall–Kier alpha value is -0.670. The van der Waals surface area contributed by atoms with E-state index in [0.717, 1.165) is 16.9 Å². The van der Waals surface area contributed by atoms with E-state index in [2.05, 4.69) is 0 Å². The number of hydrogen-bond acceptors (Lipinski definition) is 3. The van der Waals surface area contributed by atoms with E-state index in [1.165, 1.54) is 11.3 Å². The van der Waals surface area contributed by atoms with Crippen molar-refractivity contribution in [2.24, 2.45) is 5.92 Å². The topological polar surface area (TPSA) is 26.3 Å². The monoisotopic (exact) mass is 196 g/mol. The minimum atomic E-state index is 0.127. The summed E-state index contributed by atoms with van der Waals surface area (Å²) in [5, 5.41) is 1.97. The average molecular weight is 196 g/mol. The third-order valence-corrected chi connectivity index (χ3v) is 3.49.